The van der Waals surface area contributed by atoms with E-state index < -0.39 is 16.4 Å². The smallest absolute Gasteiger partial charge is 0.282 e. The van der Waals surface area contributed by atoms with E-state index in [1.807, 2.05) is 0 Å². The van der Waals surface area contributed by atoms with E-state index in [2.05, 4.69) is 10.5 Å². The van der Waals surface area contributed by atoms with E-state index in [0.717, 1.165) is 18.3 Å². The van der Waals surface area contributed by atoms with E-state index in [4.69, 9.17) is 16.3 Å². The van der Waals surface area contributed by atoms with Crippen molar-refractivity contribution < 1.29 is 19.6 Å². The van der Waals surface area contributed by atoms with Crippen LogP contribution in [-0.4, -0.2) is 33.8 Å². The summed E-state index contributed by atoms with van der Waals surface area (Å²) in [7, 11) is 1.26. The summed E-state index contributed by atoms with van der Waals surface area (Å²) in [5.74, 6) is -1.22. The molecule has 2 N–H and O–H groups in total. The van der Waals surface area contributed by atoms with Crippen LogP contribution in [0.15, 0.2) is 64.6 Å². The number of phenols is 1. The fourth-order valence-electron chi connectivity index (χ4n) is 2.86. The number of halogens is 1. The molecular formula is C21H17ClN4O6. The first kappa shape index (κ1) is 22.5. The van der Waals surface area contributed by atoms with Gasteiger partial charge in [0.15, 0.2) is 11.5 Å². The van der Waals surface area contributed by atoms with E-state index in [1.54, 1.807) is 24.3 Å². The minimum absolute atomic E-state index is 0.0715. The Balaban J connectivity index is 1.81. The molecule has 1 heterocycles. The Morgan fingerprint density at radius 1 is 1.31 bits per heavy atom. The van der Waals surface area contributed by atoms with Crippen molar-refractivity contribution in [3.05, 3.63) is 96.9 Å². The number of nitrogens with one attached hydrogen (secondary N) is 1. The maximum absolute atomic E-state index is 12.7. The van der Waals surface area contributed by atoms with Gasteiger partial charge in [0, 0.05) is 11.2 Å². The average Bonchev–Trinajstić information content (AvgIpc) is 2.76. The molecule has 0 saturated carbocycles. The summed E-state index contributed by atoms with van der Waals surface area (Å²) in [6.07, 6.45) is 2.51. The van der Waals surface area contributed by atoms with Crippen LogP contribution in [-0.2, 0) is 6.54 Å². The fourth-order valence-corrected chi connectivity index (χ4v) is 3.06. The molecule has 0 bridgehead atoms. The number of aromatic hydroxyl groups is 1. The van der Waals surface area contributed by atoms with Crippen LogP contribution < -0.4 is 15.7 Å². The quantitative estimate of drug-likeness (QED) is 0.318. The third-order valence-electron chi connectivity index (χ3n) is 4.46. The second-order valence-electron chi connectivity index (χ2n) is 6.49. The van der Waals surface area contributed by atoms with Crippen LogP contribution in [0.25, 0.3) is 0 Å². The van der Waals surface area contributed by atoms with Crippen LogP contribution in [0, 0.1) is 10.1 Å². The number of carbonyl (C=O) groups excluding carboxylic acids is 1. The molecule has 3 aromatic rings. The fraction of sp³-hybridized carbons (Fsp3) is 0.0952. The lowest BCUT2D eigenvalue weighted by molar-refractivity contribution is -0.385. The lowest BCUT2D eigenvalue weighted by Crippen LogP contribution is -2.31. The van der Waals surface area contributed by atoms with Gasteiger partial charge in [-0.1, -0.05) is 29.8 Å². The van der Waals surface area contributed by atoms with Crippen molar-refractivity contribution in [2.24, 2.45) is 5.10 Å². The maximum Gasteiger partial charge on any atom is 0.282 e. The predicted molar refractivity (Wildman–Crippen MR) is 118 cm³/mol. The molecule has 0 aliphatic heterocycles. The molecule has 0 saturated heterocycles. The van der Waals surface area contributed by atoms with Crippen molar-refractivity contribution >= 4 is 29.4 Å². The Morgan fingerprint density at radius 3 is 2.75 bits per heavy atom. The summed E-state index contributed by atoms with van der Waals surface area (Å²) in [6, 6.07) is 12.0. The largest absolute Gasteiger partial charge is 0.504 e. The van der Waals surface area contributed by atoms with Crippen molar-refractivity contribution in [1.29, 1.82) is 0 Å². The topological polar surface area (TPSA) is 136 Å². The van der Waals surface area contributed by atoms with Crippen molar-refractivity contribution in [2.45, 2.75) is 6.54 Å². The van der Waals surface area contributed by atoms with Crippen molar-refractivity contribution in [2.75, 3.05) is 7.11 Å². The summed E-state index contributed by atoms with van der Waals surface area (Å²) in [6.45, 7) is 0.167. The van der Waals surface area contributed by atoms with Gasteiger partial charge < -0.3 is 14.4 Å². The van der Waals surface area contributed by atoms with E-state index in [9.17, 15) is 24.8 Å². The van der Waals surface area contributed by atoms with E-state index in [1.165, 1.54) is 30.0 Å². The Hall–Kier alpha value is -4.18. The Kier molecular flexibility index (Phi) is 6.86. The molecule has 10 nitrogen and oxygen atoms in total. The summed E-state index contributed by atoms with van der Waals surface area (Å²) >= 11 is 6.13. The SMILES string of the molecule is COc1cc([N+](=O)[O-])c(/C=N\NC(=O)c2cccn(Cc3ccccc3Cl)c2=O)cc1O. The number of hydrogen-bond acceptors (Lipinski definition) is 7. The number of aromatic nitrogens is 1. The number of rotatable bonds is 7. The van der Waals surface area contributed by atoms with Crippen molar-refractivity contribution in [3.8, 4) is 11.5 Å². The molecule has 1 aromatic heterocycles. The number of carbonyl (C=O) groups is 1. The lowest BCUT2D eigenvalue weighted by Gasteiger charge is -2.09. The molecule has 0 radical (unpaired) electrons. The molecule has 1 amide bonds. The maximum atomic E-state index is 12.7. The summed E-state index contributed by atoms with van der Waals surface area (Å²) in [5.41, 5.74) is 1.67. The van der Waals surface area contributed by atoms with Gasteiger partial charge in [-0.2, -0.15) is 5.10 Å². The lowest BCUT2D eigenvalue weighted by atomic mass is 10.1. The Morgan fingerprint density at radius 2 is 2.06 bits per heavy atom. The van der Waals surface area contributed by atoms with Gasteiger partial charge >= 0.3 is 0 Å². The van der Waals surface area contributed by atoms with Gasteiger partial charge in [0.05, 0.1) is 36.4 Å². The molecule has 0 fully saturated rings. The van der Waals surface area contributed by atoms with Gasteiger partial charge in [0.25, 0.3) is 17.2 Å². The molecule has 3 rings (SSSR count). The zero-order valence-electron chi connectivity index (χ0n) is 16.7. The summed E-state index contributed by atoms with van der Waals surface area (Å²) in [5, 5.41) is 25.2. The zero-order chi connectivity index (χ0) is 23.3. The van der Waals surface area contributed by atoms with Gasteiger partial charge in [0.2, 0.25) is 0 Å². The first-order chi connectivity index (χ1) is 15.3. The van der Waals surface area contributed by atoms with Crippen molar-refractivity contribution in [3.63, 3.8) is 0 Å². The second-order valence-corrected chi connectivity index (χ2v) is 6.89. The molecule has 0 aliphatic carbocycles. The number of nitro groups is 1. The predicted octanol–water partition coefficient (Wildman–Crippen LogP) is 2.94. The molecule has 32 heavy (non-hydrogen) atoms. The standard InChI is InChI=1S/C21H17ClN4O6/c1-32-19-10-17(26(30)31)14(9-18(19)27)11-23-24-20(28)15-6-4-8-25(21(15)29)12-13-5-2-3-7-16(13)22/h2-11,27H,12H2,1H3,(H,24,28)/b23-11-. The molecule has 0 atom stereocenters. The average molecular weight is 457 g/mol. The first-order valence-electron chi connectivity index (χ1n) is 9.13. The van der Waals surface area contributed by atoms with Crippen LogP contribution in [0.1, 0.15) is 21.5 Å². The highest BCUT2D eigenvalue weighted by Crippen LogP contribution is 2.32. The number of phenolic OH excluding ortho intramolecular Hbond substituents is 1. The number of amides is 1. The van der Waals surface area contributed by atoms with Crippen LogP contribution in [0.3, 0.4) is 0 Å². The van der Waals surface area contributed by atoms with Gasteiger partial charge in [0.1, 0.15) is 5.56 Å². The molecule has 164 valence electrons. The Labute approximate surface area is 186 Å². The molecular weight excluding hydrogens is 440 g/mol. The summed E-state index contributed by atoms with van der Waals surface area (Å²) < 4.78 is 6.18. The minimum Gasteiger partial charge on any atom is -0.504 e. The number of nitrogens with zero attached hydrogens (tertiary/aromatic N) is 3. The number of methoxy groups -OCH3 is 1. The number of hydrogen-bond donors (Lipinski definition) is 2. The zero-order valence-corrected chi connectivity index (χ0v) is 17.4. The number of pyridine rings is 1. The summed E-state index contributed by atoms with van der Waals surface area (Å²) in [4.78, 5) is 35.7. The van der Waals surface area contributed by atoms with E-state index >= 15 is 0 Å². The highest BCUT2D eigenvalue weighted by Gasteiger charge is 2.18. The highest BCUT2D eigenvalue weighted by atomic mass is 35.5. The molecule has 11 heteroatoms. The first-order valence-corrected chi connectivity index (χ1v) is 9.51. The number of ether oxygens (including phenoxy) is 1. The van der Waals surface area contributed by atoms with Gasteiger partial charge in [-0.25, -0.2) is 5.43 Å². The molecule has 0 spiro atoms. The van der Waals surface area contributed by atoms with Crippen LogP contribution >= 0.6 is 11.6 Å². The van der Waals surface area contributed by atoms with E-state index in [-0.39, 0.29) is 34.9 Å². The van der Waals surface area contributed by atoms with Crippen molar-refractivity contribution in [1.82, 2.24) is 9.99 Å². The number of nitro benzene ring substituents is 1. The van der Waals surface area contributed by atoms with Gasteiger partial charge in [-0.05, 0) is 29.8 Å². The minimum atomic E-state index is -0.805. The third kappa shape index (κ3) is 4.93. The monoisotopic (exact) mass is 456 g/mol. The number of benzene rings is 2. The normalized spacial score (nSPS) is 10.8. The van der Waals surface area contributed by atoms with Gasteiger partial charge in [-0.15, -0.1) is 0 Å². The van der Waals surface area contributed by atoms with Gasteiger partial charge in [-0.3, -0.25) is 19.7 Å². The van der Waals surface area contributed by atoms with Crippen LogP contribution in [0.4, 0.5) is 5.69 Å². The Bertz CT molecular complexity index is 1270. The molecule has 0 unspecified atom stereocenters. The second kappa shape index (κ2) is 9.75. The van der Waals surface area contributed by atoms with Crippen LogP contribution in [0.2, 0.25) is 5.02 Å². The van der Waals surface area contributed by atoms with Crippen LogP contribution in [0.5, 0.6) is 11.5 Å². The molecule has 2 aromatic carbocycles. The highest BCUT2D eigenvalue weighted by molar-refractivity contribution is 6.31. The molecule has 0 aliphatic rings. The van der Waals surface area contributed by atoms with E-state index in [0.29, 0.717) is 10.6 Å². The number of hydrazone groups is 1. The third-order valence-corrected chi connectivity index (χ3v) is 4.83.